The van der Waals surface area contributed by atoms with E-state index >= 15 is 0 Å². The molecule has 108 valence electrons. The number of pyridine rings is 1. The lowest BCUT2D eigenvalue weighted by atomic mass is 10.1. The van der Waals surface area contributed by atoms with Crippen LogP contribution in [0, 0.1) is 0 Å². The van der Waals surface area contributed by atoms with E-state index in [9.17, 15) is 18.3 Å². The molecule has 0 fully saturated rings. The largest absolute Gasteiger partial charge is 0.508 e. The summed E-state index contributed by atoms with van der Waals surface area (Å²) in [6, 6.07) is 7.83. The maximum atomic E-state index is 13.1. The molecule has 21 heavy (non-hydrogen) atoms. The van der Waals surface area contributed by atoms with Crippen LogP contribution >= 0.6 is 11.6 Å². The Morgan fingerprint density at radius 1 is 1.14 bits per heavy atom. The molecule has 0 unspecified atom stereocenters. The summed E-state index contributed by atoms with van der Waals surface area (Å²) in [5.74, 6) is 0.0304. The summed E-state index contributed by atoms with van der Waals surface area (Å²) in [5.41, 5.74) is -0.525. The van der Waals surface area contributed by atoms with Crippen LogP contribution in [0.15, 0.2) is 42.6 Å². The van der Waals surface area contributed by atoms with Gasteiger partial charge in [-0.2, -0.15) is 13.2 Å². The number of imidazole rings is 1. The zero-order valence-corrected chi connectivity index (χ0v) is 11.2. The zero-order valence-electron chi connectivity index (χ0n) is 10.4. The van der Waals surface area contributed by atoms with Gasteiger partial charge in [0, 0.05) is 17.8 Å². The van der Waals surface area contributed by atoms with Gasteiger partial charge in [0.25, 0.3) is 0 Å². The zero-order chi connectivity index (χ0) is 15.2. The van der Waals surface area contributed by atoms with Crippen LogP contribution in [0.5, 0.6) is 5.75 Å². The number of aromatic hydroxyl groups is 1. The molecule has 2 aromatic heterocycles. The van der Waals surface area contributed by atoms with Crippen molar-refractivity contribution in [3.63, 3.8) is 0 Å². The molecule has 0 radical (unpaired) electrons. The maximum Gasteiger partial charge on any atom is 0.417 e. The summed E-state index contributed by atoms with van der Waals surface area (Å²) < 4.78 is 40.7. The normalized spacial score (nSPS) is 12.0. The second-order valence-electron chi connectivity index (χ2n) is 4.41. The quantitative estimate of drug-likeness (QED) is 0.724. The van der Waals surface area contributed by atoms with Crippen molar-refractivity contribution < 1.29 is 18.3 Å². The van der Waals surface area contributed by atoms with E-state index < -0.39 is 11.7 Å². The predicted molar refractivity (Wildman–Crippen MR) is 72.3 cm³/mol. The van der Waals surface area contributed by atoms with Gasteiger partial charge in [-0.1, -0.05) is 29.8 Å². The third-order valence-electron chi connectivity index (χ3n) is 3.06. The summed E-state index contributed by atoms with van der Waals surface area (Å²) in [6.07, 6.45) is -3.07. The molecule has 0 amide bonds. The number of alkyl halides is 3. The fourth-order valence-electron chi connectivity index (χ4n) is 2.15. The van der Waals surface area contributed by atoms with Gasteiger partial charge in [-0.15, -0.1) is 0 Å². The highest BCUT2D eigenvalue weighted by molar-refractivity contribution is 6.33. The first-order valence-corrected chi connectivity index (χ1v) is 6.29. The van der Waals surface area contributed by atoms with Gasteiger partial charge in [0.2, 0.25) is 0 Å². The van der Waals surface area contributed by atoms with E-state index in [1.54, 1.807) is 0 Å². The second-order valence-corrected chi connectivity index (χ2v) is 4.77. The molecule has 3 rings (SSSR count). The Morgan fingerprint density at radius 2 is 1.86 bits per heavy atom. The Labute approximate surface area is 122 Å². The fraction of sp³-hybridized carbons (Fsp3) is 0.0714. The fourth-order valence-corrected chi connectivity index (χ4v) is 2.38. The SMILES string of the molecule is Oc1ccn2c(-c3ccccc3C(F)(F)F)nc(Cl)c2c1. The third kappa shape index (κ3) is 2.31. The Morgan fingerprint density at radius 3 is 2.57 bits per heavy atom. The molecule has 7 heteroatoms. The Hall–Kier alpha value is -2.21. The van der Waals surface area contributed by atoms with Crippen LogP contribution in [-0.2, 0) is 6.18 Å². The van der Waals surface area contributed by atoms with Gasteiger partial charge in [0.1, 0.15) is 11.6 Å². The number of benzene rings is 1. The highest BCUT2D eigenvalue weighted by Gasteiger charge is 2.34. The van der Waals surface area contributed by atoms with E-state index in [-0.39, 0.29) is 22.3 Å². The number of hydrogen-bond acceptors (Lipinski definition) is 2. The van der Waals surface area contributed by atoms with E-state index in [1.165, 1.54) is 40.9 Å². The van der Waals surface area contributed by atoms with Crippen LogP contribution in [-0.4, -0.2) is 14.5 Å². The average molecular weight is 313 g/mol. The Kier molecular flexibility index (Phi) is 3.06. The van der Waals surface area contributed by atoms with E-state index in [1.807, 2.05) is 0 Å². The van der Waals surface area contributed by atoms with Gasteiger partial charge in [0.05, 0.1) is 11.1 Å². The van der Waals surface area contributed by atoms with Crippen LogP contribution in [0.4, 0.5) is 13.2 Å². The first-order chi connectivity index (χ1) is 9.88. The highest BCUT2D eigenvalue weighted by Crippen LogP contribution is 2.37. The van der Waals surface area contributed by atoms with Crippen molar-refractivity contribution in [3.05, 3.63) is 53.3 Å². The smallest absolute Gasteiger partial charge is 0.417 e. The average Bonchev–Trinajstić information content (AvgIpc) is 2.75. The van der Waals surface area contributed by atoms with Gasteiger partial charge < -0.3 is 5.11 Å². The molecule has 3 nitrogen and oxygen atoms in total. The maximum absolute atomic E-state index is 13.1. The Balaban J connectivity index is 2.32. The number of nitrogens with zero attached hydrogens (tertiary/aromatic N) is 2. The first-order valence-electron chi connectivity index (χ1n) is 5.91. The summed E-state index contributed by atoms with van der Waals surface area (Å²) in [7, 11) is 0. The molecule has 1 aromatic carbocycles. The van der Waals surface area contributed by atoms with Crippen LogP contribution in [0.3, 0.4) is 0 Å². The first kappa shape index (κ1) is 13.8. The molecule has 0 saturated heterocycles. The molecule has 0 bridgehead atoms. The van der Waals surface area contributed by atoms with Crippen molar-refractivity contribution in [3.8, 4) is 17.1 Å². The van der Waals surface area contributed by atoms with Crippen LogP contribution < -0.4 is 0 Å². The lowest BCUT2D eigenvalue weighted by molar-refractivity contribution is -0.137. The summed E-state index contributed by atoms with van der Waals surface area (Å²) in [5, 5.41) is 9.46. The summed E-state index contributed by atoms with van der Waals surface area (Å²) in [6.45, 7) is 0. The standard InChI is InChI=1S/C14H8ClF3N2O/c15-12-11-7-8(21)5-6-20(11)13(19-12)9-3-1-2-4-10(9)14(16,17)18/h1-7,21H. The lowest BCUT2D eigenvalue weighted by Gasteiger charge is -2.11. The second kappa shape index (κ2) is 4.66. The predicted octanol–water partition coefficient (Wildman–Crippen LogP) is 4.38. The third-order valence-corrected chi connectivity index (χ3v) is 3.33. The van der Waals surface area contributed by atoms with E-state index in [0.29, 0.717) is 5.52 Å². The number of hydrogen-bond donors (Lipinski definition) is 1. The van der Waals surface area contributed by atoms with E-state index in [0.717, 1.165) is 6.07 Å². The molecular weight excluding hydrogens is 305 g/mol. The van der Waals surface area contributed by atoms with Gasteiger partial charge in [-0.3, -0.25) is 4.40 Å². The highest BCUT2D eigenvalue weighted by atomic mass is 35.5. The van der Waals surface area contributed by atoms with E-state index in [4.69, 9.17) is 11.6 Å². The van der Waals surface area contributed by atoms with Crippen molar-refractivity contribution >= 4 is 17.1 Å². The van der Waals surface area contributed by atoms with Crippen molar-refractivity contribution in [1.82, 2.24) is 9.38 Å². The molecule has 2 heterocycles. The molecule has 0 aliphatic carbocycles. The minimum atomic E-state index is -4.49. The van der Waals surface area contributed by atoms with Crippen LogP contribution in [0.25, 0.3) is 16.9 Å². The van der Waals surface area contributed by atoms with Crippen LogP contribution in [0.2, 0.25) is 5.15 Å². The molecular formula is C14H8ClF3N2O. The minimum absolute atomic E-state index is 0.0258. The van der Waals surface area contributed by atoms with Crippen molar-refractivity contribution in [2.24, 2.45) is 0 Å². The van der Waals surface area contributed by atoms with Gasteiger partial charge in [0.15, 0.2) is 5.15 Å². The number of rotatable bonds is 1. The number of halogens is 4. The van der Waals surface area contributed by atoms with Crippen molar-refractivity contribution in [2.45, 2.75) is 6.18 Å². The lowest BCUT2D eigenvalue weighted by Crippen LogP contribution is -2.07. The summed E-state index contributed by atoms with van der Waals surface area (Å²) >= 11 is 5.94. The monoisotopic (exact) mass is 312 g/mol. The Bertz CT molecular complexity index is 827. The van der Waals surface area contributed by atoms with Gasteiger partial charge in [-0.05, 0) is 12.1 Å². The minimum Gasteiger partial charge on any atom is -0.508 e. The molecule has 1 N–H and O–H groups in total. The van der Waals surface area contributed by atoms with Crippen molar-refractivity contribution in [2.75, 3.05) is 0 Å². The van der Waals surface area contributed by atoms with E-state index in [2.05, 4.69) is 4.98 Å². The molecule has 0 aliphatic heterocycles. The summed E-state index contributed by atoms with van der Waals surface area (Å²) in [4.78, 5) is 3.99. The number of aromatic nitrogens is 2. The molecule has 3 aromatic rings. The van der Waals surface area contributed by atoms with Gasteiger partial charge in [-0.25, -0.2) is 4.98 Å². The van der Waals surface area contributed by atoms with Crippen molar-refractivity contribution in [1.29, 1.82) is 0 Å². The topological polar surface area (TPSA) is 37.5 Å². The molecule has 0 saturated carbocycles. The van der Waals surface area contributed by atoms with Gasteiger partial charge >= 0.3 is 6.18 Å². The van der Waals surface area contributed by atoms with Crippen LogP contribution in [0.1, 0.15) is 5.56 Å². The molecule has 0 spiro atoms. The molecule has 0 atom stereocenters. The number of fused-ring (bicyclic) bond motifs is 1. The molecule has 0 aliphatic rings.